The number of nitrogens with one attached hydrogen (secondary N) is 3. The van der Waals surface area contributed by atoms with Crippen LogP contribution in [0.5, 0.6) is 0 Å². The highest BCUT2D eigenvalue weighted by Crippen LogP contribution is 2.25. The Kier molecular flexibility index (Phi) is 4.46. The molecule has 1 saturated heterocycles. The van der Waals surface area contributed by atoms with E-state index in [0.717, 1.165) is 11.1 Å². The molecule has 3 rings (SSSR count). The summed E-state index contributed by atoms with van der Waals surface area (Å²) in [7, 11) is 0. The highest BCUT2D eigenvalue weighted by atomic mass is 16.2. The Hall–Kier alpha value is -2.24. The molecule has 1 fully saturated rings. The van der Waals surface area contributed by atoms with Gasteiger partial charge in [-0.05, 0) is 30.2 Å². The van der Waals surface area contributed by atoms with Crippen molar-refractivity contribution in [1.29, 1.82) is 0 Å². The minimum Gasteiger partial charge on any atom is -0.352 e. The molecule has 0 radical (unpaired) electrons. The molecular formula is C17H20N4O. The Labute approximate surface area is 130 Å². The summed E-state index contributed by atoms with van der Waals surface area (Å²) >= 11 is 0. The van der Waals surface area contributed by atoms with Crippen molar-refractivity contribution in [3.8, 4) is 0 Å². The largest absolute Gasteiger partial charge is 0.352 e. The molecule has 2 atom stereocenters. The third kappa shape index (κ3) is 3.32. The molecule has 22 heavy (non-hydrogen) atoms. The smallest absolute Gasteiger partial charge is 0.226 e. The number of hydrazine groups is 1. The lowest BCUT2D eigenvalue weighted by molar-refractivity contribution is -0.125. The van der Waals surface area contributed by atoms with E-state index in [1.54, 1.807) is 12.4 Å². The molecule has 114 valence electrons. The maximum Gasteiger partial charge on any atom is 0.226 e. The van der Waals surface area contributed by atoms with Crippen LogP contribution in [0.2, 0.25) is 0 Å². The first-order chi connectivity index (χ1) is 10.7. The number of nitrogens with zero attached hydrogens (tertiary/aromatic N) is 1. The molecule has 2 aromatic rings. The van der Waals surface area contributed by atoms with Gasteiger partial charge in [-0.25, -0.2) is 5.43 Å². The van der Waals surface area contributed by atoms with Gasteiger partial charge >= 0.3 is 0 Å². The zero-order chi connectivity index (χ0) is 15.4. The summed E-state index contributed by atoms with van der Waals surface area (Å²) in [6, 6.07) is 12.1. The molecule has 1 aliphatic heterocycles. The lowest BCUT2D eigenvalue weighted by atomic mass is 9.93. The number of hydrogen-bond donors (Lipinski definition) is 3. The number of aryl methyl sites for hydroxylation is 1. The Morgan fingerprint density at radius 3 is 2.68 bits per heavy atom. The van der Waals surface area contributed by atoms with Crippen LogP contribution in [0.3, 0.4) is 0 Å². The molecule has 2 heterocycles. The summed E-state index contributed by atoms with van der Waals surface area (Å²) in [5.74, 6) is -0.0653. The van der Waals surface area contributed by atoms with Gasteiger partial charge in [-0.2, -0.15) is 0 Å². The maximum absolute atomic E-state index is 12.5. The molecule has 2 unspecified atom stereocenters. The molecule has 5 heteroatoms. The van der Waals surface area contributed by atoms with Gasteiger partial charge in [-0.15, -0.1) is 0 Å². The molecular weight excluding hydrogens is 276 g/mol. The molecule has 5 nitrogen and oxygen atoms in total. The molecule has 0 spiro atoms. The SMILES string of the molecule is Cc1ccc(C2NNCC2C(=O)NCc2ccncc2)cc1. The van der Waals surface area contributed by atoms with Crippen molar-refractivity contribution < 1.29 is 4.79 Å². The number of benzene rings is 1. The number of hydrogen-bond acceptors (Lipinski definition) is 4. The van der Waals surface area contributed by atoms with Gasteiger partial charge in [0, 0.05) is 25.5 Å². The fraction of sp³-hybridized carbons (Fsp3) is 0.294. The number of carbonyl (C=O) groups is 1. The van der Waals surface area contributed by atoms with Gasteiger partial charge in [0.25, 0.3) is 0 Å². The average molecular weight is 296 g/mol. The van der Waals surface area contributed by atoms with Gasteiger partial charge in [-0.3, -0.25) is 15.2 Å². The molecule has 3 N–H and O–H groups in total. The van der Waals surface area contributed by atoms with Crippen LogP contribution in [0, 0.1) is 12.8 Å². The number of rotatable bonds is 4. The second-order valence-electron chi connectivity index (χ2n) is 5.59. The standard InChI is InChI=1S/C17H20N4O/c1-12-2-4-14(5-3-12)16-15(11-20-21-16)17(22)19-10-13-6-8-18-9-7-13/h2-9,15-16,20-21H,10-11H2,1H3,(H,19,22). The predicted octanol–water partition coefficient (Wildman–Crippen LogP) is 1.47. The Morgan fingerprint density at radius 2 is 1.95 bits per heavy atom. The van der Waals surface area contributed by atoms with Crippen molar-refractivity contribution in [3.05, 3.63) is 65.5 Å². The van der Waals surface area contributed by atoms with E-state index in [9.17, 15) is 4.79 Å². The quantitative estimate of drug-likeness (QED) is 0.799. The van der Waals surface area contributed by atoms with Crippen LogP contribution in [-0.2, 0) is 11.3 Å². The number of aromatic nitrogens is 1. The van der Waals surface area contributed by atoms with Crippen molar-refractivity contribution in [3.63, 3.8) is 0 Å². The topological polar surface area (TPSA) is 66.0 Å². The van der Waals surface area contributed by atoms with Crippen LogP contribution < -0.4 is 16.2 Å². The van der Waals surface area contributed by atoms with Crippen LogP contribution in [0.15, 0.2) is 48.8 Å². The average Bonchev–Trinajstić information content (AvgIpc) is 3.04. The predicted molar refractivity (Wildman–Crippen MR) is 84.6 cm³/mol. The van der Waals surface area contributed by atoms with Gasteiger partial charge in [-0.1, -0.05) is 29.8 Å². The third-order valence-corrected chi connectivity index (χ3v) is 3.97. The number of pyridine rings is 1. The lowest BCUT2D eigenvalue weighted by Crippen LogP contribution is -2.34. The Balaban J connectivity index is 1.65. The van der Waals surface area contributed by atoms with Crippen molar-refractivity contribution in [1.82, 2.24) is 21.2 Å². The highest BCUT2D eigenvalue weighted by Gasteiger charge is 2.33. The summed E-state index contributed by atoms with van der Waals surface area (Å²) in [6.07, 6.45) is 3.46. The fourth-order valence-electron chi connectivity index (χ4n) is 2.65. The Bertz CT molecular complexity index is 627. The molecule has 1 aromatic carbocycles. The van der Waals surface area contributed by atoms with E-state index in [0.29, 0.717) is 13.1 Å². The molecule has 1 aliphatic rings. The lowest BCUT2D eigenvalue weighted by Gasteiger charge is -2.18. The first kappa shape index (κ1) is 14.7. The van der Waals surface area contributed by atoms with E-state index in [1.807, 2.05) is 12.1 Å². The van der Waals surface area contributed by atoms with Crippen molar-refractivity contribution >= 4 is 5.91 Å². The van der Waals surface area contributed by atoms with E-state index in [2.05, 4.69) is 52.3 Å². The summed E-state index contributed by atoms with van der Waals surface area (Å²) in [5.41, 5.74) is 9.69. The van der Waals surface area contributed by atoms with E-state index in [-0.39, 0.29) is 17.9 Å². The summed E-state index contributed by atoms with van der Waals surface area (Å²) in [6.45, 7) is 3.21. The second kappa shape index (κ2) is 6.68. The van der Waals surface area contributed by atoms with Crippen molar-refractivity contribution in [2.24, 2.45) is 5.92 Å². The van der Waals surface area contributed by atoms with Crippen LogP contribution >= 0.6 is 0 Å². The maximum atomic E-state index is 12.5. The van der Waals surface area contributed by atoms with Crippen molar-refractivity contribution in [2.45, 2.75) is 19.5 Å². The van der Waals surface area contributed by atoms with E-state index in [4.69, 9.17) is 0 Å². The summed E-state index contributed by atoms with van der Waals surface area (Å²) in [5, 5.41) is 3.01. The third-order valence-electron chi connectivity index (χ3n) is 3.97. The highest BCUT2D eigenvalue weighted by molar-refractivity contribution is 5.80. The molecule has 1 amide bonds. The van der Waals surface area contributed by atoms with Gasteiger partial charge in [0.15, 0.2) is 0 Å². The van der Waals surface area contributed by atoms with E-state index >= 15 is 0 Å². The minimum absolute atomic E-state index is 0.00181. The first-order valence-electron chi connectivity index (χ1n) is 7.45. The van der Waals surface area contributed by atoms with Gasteiger partial charge in [0.1, 0.15) is 0 Å². The van der Waals surface area contributed by atoms with Crippen LogP contribution in [0.1, 0.15) is 22.7 Å². The Morgan fingerprint density at radius 1 is 1.23 bits per heavy atom. The molecule has 0 saturated carbocycles. The zero-order valence-electron chi connectivity index (χ0n) is 12.5. The van der Waals surface area contributed by atoms with Crippen LogP contribution in [0.4, 0.5) is 0 Å². The normalized spacial score (nSPS) is 20.8. The molecule has 0 aliphatic carbocycles. The van der Waals surface area contributed by atoms with Crippen LogP contribution in [-0.4, -0.2) is 17.4 Å². The zero-order valence-corrected chi connectivity index (χ0v) is 12.5. The van der Waals surface area contributed by atoms with Gasteiger partial charge < -0.3 is 5.32 Å². The van der Waals surface area contributed by atoms with Gasteiger partial charge in [0.05, 0.1) is 12.0 Å². The minimum atomic E-state index is -0.121. The van der Waals surface area contributed by atoms with Gasteiger partial charge in [0.2, 0.25) is 5.91 Å². The number of carbonyl (C=O) groups excluding carboxylic acids is 1. The van der Waals surface area contributed by atoms with E-state index < -0.39 is 0 Å². The molecule has 1 aromatic heterocycles. The summed E-state index contributed by atoms with van der Waals surface area (Å²) < 4.78 is 0. The molecule has 0 bridgehead atoms. The number of amides is 1. The van der Waals surface area contributed by atoms with E-state index in [1.165, 1.54) is 5.56 Å². The van der Waals surface area contributed by atoms with Crippen molar-refractivity contribution in [2.75, 3.05) is 6.54 Å². The second-order valence-corrected chi connectivity index (χ2v) is 5.59. The first-order valence-corrected chi connectivity index (χ1v) is 7.45. The monoisotopic (exact) mass is 296 g/mol. The van der Waals surface area contributed by atoms with Crippen LogP contribution in [0.25, 0.3) is 0 Å². The fourth-order valence-corrected chi connectivity index (χ4v) is 2.65. The summed E-state index contributed by atoms with van der Waals surface area (Å²) in [4.78, 5) is 16.4.